The molecule has 0 atom stereocenters. The number of benzene rings is 2. The molecule has 2 rings (SSSR count). The predicted molar refractivity (Wildman–Crippen MR) is 119 cm³/mol. The maximum atomic E-state index is 12.6. The minimum Gasteiger partial charge on any atom is -0.325 e. The molecule has 0 unspecified atom stereocenters. The summed E-state index contributed by atoms with van der Waals surface area (Å²) in [6.45, 7) is 3.00. The minimum absolute atomic E-state index is 0.0175. The van der Waals surface area contributed by atoms with E-state index in [0.29, 0.717) is 28.4 Å². The zero-order valence-corrected chi connectivity index (χ0v) is 19.2. The molecule has 0 aliphatic rings. The number of halogens is 1. The van der Waals surface area contributed by atoms with Gasteiger partial charge in [0.05, 0.1) is 22.9 Å². The molecule has 0 radical (unpaired) electrons. The summed E-state index contributed by atoms with van der Waals surface area (Å²) >= 11 is 5.79. The maximum Gasteiger partial charge on any atom is 0.243 e. The van der Waals surface area contributed by atoms with Crippen molar-refractivity contribution in [3.63, 3.8) is 0 Å². The standard InChI is InChI=1S/C19H24ClN3O5S2/c1-4-12-29(25,26)22-18-7-5-6-17(14(18)2)21-19(24)13-23(3)30(27,28)16-10-8-15(20)9-11-16/h5-11,22H,4,12-13H2,1-3H3,(H,21,24). The zero-order chi connectivity index (χ0) is 22.5. The highest BCUT2D eigenvalue weighted by atomic mass is 35.5. The Labute approximate surface area is 182 Å². The van der Waals surface area contributed by atoms with Crippen molar-refractivity contribution in [3.05, 3.63) is 53.1 Å². The number of sulfonamides is 2. The first-order valence-corrected chi connectivity index (χ1v) is 12.5. The summed E-state index contributed by atoms with van der Waals surface area (Å²) in [6.07, 6.45) is 0.471. The molecular weight excluding hydrogens is 450 g/mol. The molecule has 1 amide bonds. The Morgan fingerprint density at radius 2 is 1.63 bits per heavy atom. The first kappa shape index (κ1) is 24.1. The van der Waals surface area contributed by atoms with Gasteiger partial charge < -0.3 is 5.32 Å². The van der Waals surface area contributed by atoms with Gasteiger partial charge in [-0.05, 0) is 55.3 Å². The van der Waals surface area contributed by atoms with Crippen LogP contribution in [0.1, 0.15) is 18.9 Å². The summed E-state index contributed by atoms with van der Waals surface area (Å²) < 4.78 is 52.6. The lowest BCUT2D eigenvalue weighted by Crippen LogP contribution is -2.35. The second kappa shape index (κ2) is 9.78. The fourth-order valence-electron chi connectivity index (χ4n) is 2.63. The summed E-state index contributed by atoms with van der Waals surface area (Å²) in [5, 5.41) is 3.03. The fourth-order valence-corrected chi connectivity index (χ4v) is 5.08. The molecular formula is C19H24ClN3O5S2. The monoisotopic (exact) mass is 473 g/mol. The molecule has 30 heavy (non-hydrogen) atoms. The molecule has 2 aromatic rings. The predicted octanol–water partition coefficient (Wildman–Crippen LogP) is 3.06. The average Bonchev–Trinajstić information content (AvgIpc) is 2.65. The van der Waals surface area contributed by atoms with Gasteiger partial charge in [-0.2, -0.15) is 4.31 Å². The summed E-state index contributed by atoms with van der Waals surface area (Å²) in [5.74, 6) is -0.581. The number of carbonyl (C=O) groups excluding carboxylic acids is 1. The molecule has 0 spiro atoms. The molecule has 164 valence electrons. The number of hydrogen-bond donors (Lipinski definition) is 2. The number of anilines is 2. The van der Waals surface area contributed by atoms with Gasteiger partial charge in [0.2, 0.25) is 26.0 Å². The molecule has 11 heteroatoms. The van der Waals surface area contributed by atoms with Gasteiger partial charge in [0, 0.05) is 17.8 Å². The highest BCUT2D eigenvalue weighted by molar-refractivity contribution is 7.92. The van der Waals surface area contributed by atoms with Crippen molar-refractivity contribution in [2.45, 2.75) is 25.2 Å². The van der Waals surface area contributed by atoms with Crippen LogP contribution in [0, 0.1) is 6.92 Å². The third-order valence-corrected chi connectivity index (χ3v) is 7.78. The second-order valence-corrected chi connectivity index (χ2v) is 11.0. The lowest BCUT2D eigenvalue weighted by molar-refractivity contribution is -0.116. The van der Waals surface area contributed by atoms with Crippen LogP contribution in [0.5, 0.6) is 0 Å². The Balaban J connectivity index is 2.12. The van der Waals surface area contributed by atoms with Crippen LogP contribution in [0.4, 0.5) is 11.4 Å². The summed E-state index contributed by atoms with van der Waals surface area (Å²) in [7, 11) is -6.06. The van der Waals surface area contributed by atoms with E-state index < -0.39 is 32.5 Å². The number of nitrogens with zero attached hydrogens (tertiary/aromatic N) is 1. The third-order valence-electron chi connectivity index (χ3n) is 4.23. The highest BCUT2D eigenvalue weighted by Gasteiger charge is 2.23. The fraction of sp³-hybridized carbons (Fsp3) is 0.316. The Morgan fingerprint density at radius 3 is 2.23 bits per heavy atom. The number of amides is 1. The van der Waals surface area contributed by atoms with Crippen molar-refractivity contribution < 1.29 is 21.6 Å². The van der Waals surface area contributed by atoms with Gasteiger partial charge in [0.25, 0.3) is 0 Å². The SMILES string of the molecule is CCCS(=O)(=O)Nc1cccc(NC(=O)CN(C)S(=O)(=O)c2ccc(Cl)cc2)c1C. The van der Waals surface area contributed by atoms with Gasteiger partial charge >= 0.3 is 0 Å². The topological polar surface area (TPSA) is 113 Å². The number of hydrogen-bond acceptors (Lipinski definition) is 5. The van der Waals surface area contributed by atoms with Gasteiger partial charge in [0.15, 0.2) is 0 Å². The summed E-state index contributed by atoms with van der Waals surface area (Å²) in [4.78, 5) is 12.4. The molecule has 8 nitrogen and oxygen atoms in total. The van der Waals surface area contributed by atoms with Crippen molar-refractivity contribution >= 4 is 48.9 Å². The van der Waals surface area contributed by atoms with Crippen molar-refractivity contribution in [2.24, 2.45) is 0 Å². The number of likely N-dealkylation sites (N-methyl/N-ethyl adjacent to an activating group) is 1. The van der Waals surface area contributed by atoms with Crippen LogP contribution in [0.3, 0.4) is 0 Å². The molecule has 0 heterocycles. The van der Waals surface area contributed by atoms with Crippen LogP contribution in [-0.4, -0.2) is 46.4 Å². The zero-order valence-electron chi connectivity index (χ0n) is 16.8. The molecule has 0 saturated heterocycles. The van der Waals surface area contributed by atoms with Crippen molar-refractivity contribution in [2.75, 3.05) is 29.4 Å². The van der Waals surface area contributed by atoms with E-state index in [4.69, 9.17) is 11.6 Å². The second-order valence-electron chi connectivity index (χ2n) is 6.66. The van der Waals surface area contributed by atoms with Crippen LogP contribution < -0.4 is 10.0 Å². The van der Waals surface area contributed by atoms with E-state index in [0.717, 1.165) is 4.31 Å². The Morgan fingerprint density at radius 1 is 1.03 bits per heavy atom. The average molecular weight is 474 g/mol. The van der Waals surface area contributed by atoms with Crippen LogP contribution in [0.25, 0.3) is 0 Å². The Bertz CT molecular complexity index is 1120. The molecule has 0 aliphatic heterocycles. The highest BCUT2D eigenvalue weighted by Crippen LogP contribution is 2.25. The van der Waals surface area contributed by atoms with Gasteiger partial charge in [0.1, 0.15) is 0 Å². The molecule has 0 aromatic heterocycles. The smallest absolute Gasteiger partial charge is 0.243 e. The quantitative estimate of drug-likeness (QED) is 0.581. The van der Waals surface area contributed by atoms with Gasteiger partial charge in [-0.1, -0.05) is 24.6 Å². The van der Waals surface area contributed by atoms with E-state index in [1.807, 2.05) is 0 Å². The van der Waals surface area contributed by atoms with Gasteiger partial charge in [-0.25, -0.2) is 16.8 Å². The molecule has 0 bridgehead atoms. The van der Waals surface area contributed by atoms with Crippen LogP contribution in [0.15, 0.2) is 47.4 Å². The van der Waals surface area contributed by atoms with Crippen LogP contribution in [-0.2, 0) is 24.8 Å². The molecule has 0 fully saturated rings. The van der Waals surface area contributed by atoms with E-state index >= 15 is 0 Å². The number of nitrogens with one attached hydrogen (secondary N) is 2. The first-order chi connectivity index (χ1) is 14.0. The lowest BCUT2D eigenvalue weighted by atomic mass is 10.1. The number of rotatable bonds is 9. The van der Waals surface area contributed by atoms with Crippen molar-refractivity contribution in [3.8, 4) is 0 Å². The maximum absolute atomic E-state index is 12.6. The normalized spacial score (nSPS) is 12.0. The van der Waals surface area contributed by atoms with E-state index in [-0.39, 0.29) is 10.6 Å². The van der Waals surface area contributed by atoms with E-state index in [9.17, 15) is 21.6 Å². The molecule has 0 aliphatic carbocycles. The molecule has 2 aromatic carbocycles. The molecule has 0 saturated carbocycles. The number of carbonyl (C=O) groups is 1. The Hall–Kier alpha value is -2.14. The summed E-state index contributed by atoms with van der Waals surface area (Å²) in [6, 6.07) is 10.4. The first-order valence-electron chi connectivity index (χ1n) is 9.08. The summed E-state index contributed by atoms with van der Waals surface area (Å²) in [5.41, 5.74) is 1.26. The largest absolute Gasteiger partial charge is 0.325 e. The lowest BCUT2D eigenvalue weighted by Gasteiger charge is -2.18. The van der Waals surface area contributed by atoms with E-state index in [2.05, 4.69) is 10.0 Å². The van der Waals surface area contributed by atoms with Gasteiger partial charge in [-0.3, -0.25) is 9.52 Å². The Kier molecular flexibility index (Phi) is 7.87. The minimum atomic E-state index is -3.87. The van der Waals surface area contributed by atoms with E-state index in [1.165, 1.54) is 31.3 Å². The van der Waals surface area contributed by atoms with Crippen LogP contribution in [0.2, 0.25) is 5.02 Å². The van der Waals surface area contributed by atoms with Crippen molar-refractivity contribution in [1.29, 1.82) is 0 Å². The third kappa shape index (κ3) is 6.18. The van der Waals surface area contributed by atoms with E-state index in [1.54, 1.807) is 32.0 Å². The van der Waals surface area contributed by atoms with Crippen LogP contribution >= 0.6 is 11.6 Å². The molecule has 2 N–H and O–H groups in total. The van der Waals surface area contributed by atoms with Gasteiger partial charge in [-0.15, -0.1) is 0 Å². The van der Waals surface area contributed by atoms with Crippen molar-refractivity contribution in [1.82, 2.24) is 4.31 Å².